The van der Waals surface area contributed by atoms with Crippen LogP contribution in [0.5, 0.6) is 11.5 Å². The van der Waals surface area contributed by atoms with E-state index in [1.54, 1.807) is 7.11 Å². The number of hydrogen-bond donors (Lipinski definition) is 0. The van der Waals surface area contributed by atoms with E-state index in [4.69, 9.17) is 13.9 Å². The van der Waals surface area contributed by atoms with E-state index in [1.807, 2.05) is 54.6 Å². The Bertz CT molecular complexity index is 744. The SMILES string of the molecule is COc1ccc(-c2nnc(SCCCOc3ccccc3)o2)cc1. The van der Waals surface area contributed by atoms with Crippen LogP contribution in [0, 0.1) is 0 Å². The van der Waals surface area contributed by atoms with Crippen molar-refractivity contribution < 1.29 is 13.9 Å². The van der Waals surface area contributed by atoms with Crippen molar-refractivity contribution in [3.05, 3.63) is 54.6 Å². The van der Waals surface area contributed by atoms with Crippen LogP contribution in [0.15, 0.2) is 64.2 Å². The highest BCUT2D eigenvalue weighted by Crippen LogP contribution is 2.25. The topological polar surface area (TPSA) is 57.4 Å². The predicted molar refractivity (Wildman–Crippen MR) is 93.6 cm³/mol. The lowest BCUT2D eigenvalue weighted by Gasteiger charge is -2.04. The number of nitrogens with zero attached hydrogens (tertiary/aromatic N) is 2. The quantitative estimate of drug-likeness (QED) is 0.449. The van der Waals surface area contributed by atoms with Gasteiger partial charge in [0.2, 0.25) is 5.89 Å². The third-order valence-corrected chi connectivity index (χ3v) is 4.17. The van der Waals surface area contributed by atoms with Gasteiger partial charge in [0.05, 0.1) is 13.7 Å². The molecule has 1 heterocycles. The second-order valence-corrected chi connectivity index (χ2v) is 6.01. The lowest BCUT2D eigenvalue weighted by atomic mass is 10.2. The minimum Gasteiger partial charge on any atom is -0.497 e. The van der Waals surface area contributed by atoms with Gasteiger partial charge < -0.3 is 13.9 Å². The second kappa shape index (κ2) is 8.40. The van der Waals surface area contributed by atoms with E-state index in [2.05, 4.69) is 10.2 Å². The third-order valence-electron chi connectivity index (χ3n) is 3.27. The van der Waals surface area contributed by atoms with Crippen molar-refractivity contribution in [3.63, 3.8) is 0 Å². The van der Waals surface area contributed by atoms with Gasteiger partial charge in [-0.15, -0.1) is 10.2 Å². The van der Waals surface area contributed by atoms with Crippen LogP contribution in [0.25, 0.3) is 11.5 Å². The Morgan fingerprint density at radius 3 is 2.50 bits per heavy atom. The molecule has 0 aliphatic rings. The van der Waals surface area contributed by atoms with E-state index in [9.17, 15) is 0 Å². The molecule has 5 nitrogen and oxygen atoms in total. The summed E-state index contributed by atoms with van der Waals surface area (Å²) in [7, 11) is 1.64. The number of aromatic nitrogens is 2. The van der Waals surface area contributed by atoms with Crippen molar-refractivity contribution in [3.8, 4) is 23.0 Å². The Morgan fingerprint density at radius 1 is 0.958 bits per heavy atom. The van der Waals surface area contributed by atoms with Crippen LogP contribution in [0.4, 0.5) is 0 Å². The van der Waals surface area contributed by atoms with Gasteiger partial charge in [0.25, 0.3) is 5.22 Å². The summed E-state index contributed by atoms with van der Waals surface area (Å²) in [6.45, 7) is 0.663. The molecule has 0 saturated carbocycles. The molecule has 0 atom stereocenters. The van der Waals surface area contributed by atoms with Crippen molar-refractivity contribution >= 4 is 11.8 Å². The Balaban J connectivity index is 1.44. The van der Waals surface area contributed by atoms with E-state index in [1.165, 1.54) is 11.8 Å². The summed E-state index contributed by atoms with van der Waals surface area (Å²) in [5.41, 5.74) is 0.877. The maximum Gasteiger partial charge on any atom is 0.276 e. The molecule has 0 amide bonds. The van der Waals surface area contributed by atoms with Gasteiger partial charge in [-0.1, -0.05) is 30.0 Å². The maximum atomic E-state index is 5.67. The average Bonchev–Trinajstić information content (AvgIpc) is 3.11. The maximum absolute atomic E-state index is 5.67. The zero-order valence-corrected chi connectivity index (χ0v) is 14.2. The number of methoxy groups -OCH3 is 1. The molecule has 0 radical (unpaired) electrons. The van der Waals surface area contributed by atoms with Gasteiger partial charge >= 0.3 is 0 Å². The molecule has 0 bridgehead atoms. The van der Waals surface area contributed by atoms with Gasteiger partial charge in [0.15, 0.2) is 0 Å². The minimum atomic E-state index is 0.515. The monoisotopic (exact) mass is 342 g/mol. The van der Waals surface area contributed by atoms with Crippen molar-refractivity contribution in [2.75, 3.05) is 19.5 Å². The van der Waals surface area contributed by atoms with Gasteiger partial charge in [-0.2, -0.15) is 0 Å². The van der Waals surface area contributed by atoms with E-state index < -0.39 is 0 Å². The van der Waals surface area contributed by atoms with Gasteiger partial charge in [-0.3, -0.25) is 0 Å². The number of benzene rings is 2. The van der Waals surface area contributed by atoms with Crippen LogP contribution in [0.1, 0.15) is 6.42 Å². The first-order valence-electron chi connectivity index (χ1n) is 7.64. The molecule has 0 saturated heterocycles. The fraction of sp³-hybridized carbons (Fsp3) is 0.222. The van der Waals surface area contributed by atoms with Crippen molar-refractivity contribution in [2.24, 2.45) is 0 Å². The predicted octanol–water partition coefficient (Wildman–Crippen LogP) is 4.31. The number of rotatable bonds is 8. The molecule has 0 spiro atoms. The molecule has 6 heteroatoms. The molecule has 0 unspecified atom stereocenters. The van der Waals surface area contributed by atoms with Gasteiger partial charge in [-0.05, 0) is 42.8 Å². The molecule has 0 aliphatic carbocycles. The summed E-state index contributed by atoms with van der Waals surface area (Å²) in [6.07, 6.45) is 0.903. The molecule has 0 fully saturated rings. The smallest absolute Gasteiger partial charge is 0.276 e. The molecular weight excluding hydrogens is 324 g/mol. The van der Waals surface area contributed by atoms with Crippen LogP contribution in [0.3, 0.4) is 0 Å². The fourth-order valence-electron chi connectivity index (χ4n) is 2.04. The van der Waals surface area contributed by atoms with E-state index in [-0.39, 0.29) is 0 Å². The highest BCUT2D eigenvalue weighted by Gasteiger charge is 2.09. The van der Waals surface area contributed by atoms with Crippen LogP contribution in [-0.4, -0.2) is 29.7 Å². The summed E-state index contributed by atoms with van der Waals surface area (Å²) in [5.74, 6) is 3.06. The van der Waals surface area contributed by atoms with Crippen molar-refractivity contribution in [1.29, 1.82) is 0 Å². The summed E-state index contributed by atoms with van der Waals surface area (Å²) < 4.78 is 16.5. The molecule has 2 aromatic carbocycles. The zero-order valence-electron chi connectivity index (χ0n) is 13.3. The molecule has 124 valence electrons. The van der Waals surface area contributed by atoms with E-state index >= 15 is 0 Å². The van der Waals surface area contributed by atoms with Crippen LogP contribution in [-0.2, 0) is 0 Å². The van der Waals surface area contributed by atoms with Crippen molar-refractivity contribution in [1.82, 2.24) is 10.2 Å². The summed E-state index contributed by atoms with van der Waals surface area (Å²) in [6, 6.07) is 17.3. The van der Waals surface area contributed by atoms with Gasteiger partial charge in [0.1, 0.15) is 11.5 Å². The molecule has 24 heavy (non-hydrogen) atoms. The average molecular weight is 342 g/mol. The number of thioether (sulfide) groups is 1. The van der Waals surface area contributed by atoms with Crippen LogP contribution < -0.4 is 9.47 Å². The Kier molecular flexibility index (Phi) is 5.74. The molecule has 0 N–H and O–H groups in total. The fourth-order valence-corrected chi connectivity index (χ4v) is 2.72. The number of hydrogen-bond acceptors (Lipinski definition) is 6. The highest BCUT2D eigenvalue weighted by atomic mass is 32.2. The van der Waals surface area contributed by atoms with E-state index in [0.717, 1.165) is 29.2 Å². The summed E-state index contributed by atoms with van der Waals surface area (Å²) in [5, 5.41) is 8.71. The van der Waals surface area contributed by atoms with Gasteiger partial charge in [-0.25, -0.2) is 0 Å². The molecule has 0 aliphatic heterocycles. The normalized spacial score (nSPS) is 10.5. The zero-order chi connectivity index (χ0) is 16.6. The lowest BCUT2D eigenvalue weighted by Crippen LogP contribution is -1.98. The highest BCUT2D eigenvalue weighted by molar-refractivity contribution is 7.99. The van der Waals surface area contributed by atoms with Crippen molar-refractivity contribution in [2.45, 2.75) is 11.6 Å². The standard InChI is InChI=1S/C18H18N2O3S/c1-21-15-10-8-14(9-11-15)17-19-20-18(23-17)24-13-5-12-22-16-6-3-2-4-7-16/h2-4,6-11H,5,12-13H2,1H3. The lowest BCUT2D eigenvalue weighted by molar-refractivity contribution is 0.318. The largest absolute Gasteiger partial charge is 0.497 e. The molecule has 3 aromatic rings. The van der Waals surface area contributed by atoms with Crippen LogP contribution in [0.2, 0.25) is 0 Å². The Morgan fingerprint density at radius 2 is 1.75 bits per heavy atom. The molecular formula is C18H18N2O3S. The first-order chi connectivity index (χ1) is 11.8. The first-order valence-corrected chi connectivity index (χ1v) is 8.62. The number of para-hydroxylation sites is 1. The third kappa shape index (κ3) is 4.52. The second-order valence-electron chi connectivity index (χ2n) is 4.97. The molecule has 3 rings (SSSR count). The minimum absolute atomic E-state index is 0.515. The Labute approximate surface area is 145 Å². The molecule has 1 aromatic heterocycles. The summed E-state index contributed by atoms with van der Waals surface area (Å²) in [4.78, 5) is 0. The van der Waals surface area contributed by atoms with E-state index in [0.29, 0.717) is 17.7 Å². The van der Waals surface area contributed by atoms with Gasteiger partial charge in [0, 0.05) is 11.3 Å². The number of ether oxygens (including phenoxy) is 2. The summed E-state index contributed by atoms with van der Waals surface area (Å²) >= 11 is 1.53. The first kappa shape index (κ1) is 16.4. The Hall–Kier alpha value is -2.47. The van der Waals surface area contributed by atoms with Crippen LogP contribution >= 0.6 is 11.8 Å².